The first kappa shape index (κ1) is 21.4. The zero-order valence-electron chi connectivity index (χ0n) is 18.2. The topological polar surface area (TPSA) is 132 Å². The first-order valence-corrected chi connectivity index (χ1v) is 10.8. The number of fused-ring (bicyclic) bond motifs is 1. The van der Waals surface area contributed by atoms with Crippen LogP contribution >= 0.6 is 0 Å². The predicted molar refractivity (Wildman–Crippen MR) is 120 cm³/mol. The van der Waals surface area contributed by atoms with Crippen LogP contribution in [0.25, 0.3) is 0 Å². The molecule has 1 aromatic heterocycles. The standard InChI is InChI=1S/C23H21N5O6/c1-2-26-13-18(28(31)32)22(25-26)23(30)27-17(15-5-3-4-6-19(15)29)12-16(24-27)14-7-8-20-21(11-14)34-10-9-33-20/h3-8,11,13,17,29H,2,9-10,12H2,1H3. The van der Waals surface area contributed by atoms with E-state index in [1.807, 2.05) is 6.07 Å². The first-order valence-electron chi connectivity index (χ1n) is 10.8. The Morgan fingerprint density at radius 1 is 1.21 bits per heavy atom. The summed E-state index contributed by atoms with van der Waals surface area (Å²) in [5.74, 6) is 0.476. The second-order valence-corrected chi connectivity index (χ2v) is 7.81. The molecule has 11 nitrogen and oxygen atoms in total. The highest BCUT2D eigenvalue weighted by Crippen LogP contribution is 2.40. The summed E-state index contributed by atoms with van der Waals surface area (Å²) in [4.78, 5) is 24.5. The van der Waals surface area contributed by atoms with Crippen LogP contribution in [0.1, 0.15) is 41.0 Å². The second kappa shape index (κ2) is 8.50. The van der Waals surface area contributed by atoms with Crippen LogP contribution in [0.4, 0.5) is 5.69 Å². The lowest BCUT2D eigenvalue weighted by Gasteiger charge is -2.21. The van der Waals surface area contributed by atoms with Crippen LogP contribution in [0.5, 0.6) is 17.2 Å². The number of aromatic nitrogens is 2. The normalized spacial score (nSPS) is 16.9. The van der Waals surface area contributed by atoms with E-state index in [9.17, 15) is 20.0 Å². The molecule has 2 aliphatic rings. The Morgan fingerprint density at radius 2 is 1.97 bits per heavy atom. The maximum Gasteiger partial charge on any atom is 0.320 e. The molecule has 5 rings (SSSR count). The summed E-state index contributed by atoms with van der Waals surface area (Å²) in [6.45, 7) is 3.03. The molecule has 0 fully saturated rings. The molecule has 1 N–H and O–H groups in total. The molecule has 11 heteroatoms. The fraction of sp³-hybridized carbons (Fsp3) is 0.261. The van der Waals surface area contributed by atoms with Crippen LogP contribution in [0.2, 0.25) is 0 Å². The average molecular weight is 463 g/mol. The number of aromatic hydroxyl groups is 1. The number of ether oxygens (including phenoxy) is 2. The smallest absolute Gasteiger partial charge is 0.320 e. The molecule has 1 amide bonds. The lowest BCUT2D eigenvalue weighted by Crippen LogP contribution is -2.28. The summed E-state index contributed by atoms with van der Waals surface area (Å²) in [6, 6.07) is 11.3. The van der Waals surface area contributed by atoms with Crippen LogP contribution in [0, 0.1) is 10.1 Å². The van der Waals surface area contributed by atoms with E-state index in [-0.39, 0.29) is 17.9 Å². The highest BCUT2D eigenvalue weighted by atomic mass is 16.6. The number of hydrogen-bond donors (Lipinski definition) is 1. The molecule has 1 unspecified atom stereocenters. The van der Waals surface area contributed by atoms with Gasteiger partial charge in [0.25, 0.3) is 0 Å². The van der Waals surface area contributed by atoms with E-state index in [0.717, 1.165) is 5.01 Å². The molecule has 0 radical (unpaired) electrons. The quantitative estimate of drug-likeness (QED) is 0.453. The van der Waals surface area contributed by atoms with Crippen molar-refractivity contribution in [3.63, 3.8) is 0 Å². The van der Waals surface area contributed by atoms with Crippen molar-refractivity contribution >= 4 is 17.3 Å². The van der Waals surface area contributed by atoms with Crippen LogP contribution in [-0.2, 0) is 6.54 Å². The van der Waals surface area contributed by atoms with Gasteiger partial charge in [-0.1, -0.05) is 18.2 Å². The van der Waals surface area contributed by atoms with E-state index in [2.05, 4.69) is 10.2 Å². The zero-order valence-corrected chi connectivity index (χ0v) is 18.2. The summed E-state index contributed by atoms with van der Waals surface area (Å²) in [5.41, 5.74) is 1.06. The van der Waals surface area contributed by atoms with Crippen molar-refractivity contribution in [2.45, 2.75) is 25.9 Å². The molecular formula is C23H21N5O6. The number of carbonyl (C=O) groups excluding carboxylic acids is 1. The van der Waals surface area contributed by atoms with E-state index in [0.29, 0.717) is 48.1 Å². The molecule has 3 heterocycles. The minimum atomic E-state index is -0.723. The van der Waals surface area contributed by atoms with Gasteiger partial charge in [0.2, 0.25) is 5.69 Å². The van der Waals surface area contributed by atoms with Gasteiger partial charge in [0.15, 0.2) is 11.5 Å². The number of aryl methyl sites for hydroxylation is 1. The van der Waals surface area contributed by atoms with Crippen molar-refractivity contribution in [2.75, 3.05) is 13.2 Å². The number of phenolic OH excluding ortho intramolecular Hbond substituents is 1. The number of hydrogen-bond acceptors (Lipinski definition) is 8. The van der Waals surface area contributed by atoms with Gasteiger partial charge in [-0.2, -0.15) is 10.2 Å². The number of nitrogens with zero attached hydrogens (tertiary/aromatic N) is 5. The molecule has 0 spiro atoms. The van der Waals surface area contributed by atoms with Crippen molar-refractivity contribution in [1.29, 1.82) is 0 Å². The number of benzene rings is 2. The number of nitro groups is 1. The number of rotatable bonds is 5. The molecule has 2 aliphatic heterocycles. The maximum absolute atomic E-state index is 13.5. The molecule has 0 saturated carbocycles. The van der Waals surface area contributed by atoms with Gasteiger partial charge in [0.1, 0.15) is 25.2 Å². The summed E-state index contributed by atoms with van der Waals surface area (Å²) < 4.78 is 12.6. The number of amides is 1. The van der Waals surface area contributed by atoms with E-state index in [4.69, 9.17) is 9.47 Å². The van der Waals surface area contributed by atoms with E-state index in [1.54, 1.807) is 37.3 Å². The molecule has 2 aromatic carbocycles. The Labute approximate surface area is 194 Å². The number of phenols is 1. The first-order chi connectivity index (χ1) is 16.5. The van der Waals surface area contributed by atoms with Crippen molar-refractivity contribution in [3.8, 4) is 17.2 Å². The Hall–Kier alpha value is -4.41. The molecule has 3 aromatic rings. The third-order valence-corrected chi connectivity index (χ3v) is 5.76. The number of carbonyl (C=O) groups is 1. The number of hydrazone groups is 1. The van der Waals surface area contributed by atoms with Gasteiger partial charge in [-0.3, -0.25) is 19.6 Å². The van der Waals surface area contributed by atoms with E-state index >= 15 is 0 Å². The van der Waals surface area contributed by atoms with Gasteiger partial charge in [0.05, 0.1) is 16.7 Å². The highest BCUT2D eigenvalue weighted by Gasteiger charge is 2.39. The molecule has 1 atom stereocenters. The third-order valence-electron chi connectivity index (χ3n) is 5.76. The van der Waals surface area contributed by atoms with Crippen molar-refractivity contribution in [2.24, 2.45) is 5.10 Å². The van der Waals surface area contributed by atoms with Crippen molar-refractivity contribution in [3.05, 3.63) is 75.6 Å². The molecule has 0 bridgehead atoms. The van der Waals surface area contributed by atoms with Gasteiger partial charge < -0.3 is 14.6 Å². The minimum absolute atomic E-state index is 0.00230. The van der Waals surface area contributed by atoms with Gasteiger partial charge >= 0.3 is 11.6 Å². The maximum atomic E-state index is 13.5. The van der Waals surface area contributed by atoms with Crippen LogP contribution in [-0.4, -0.2) is 49.7 Å². The van der Waals surface area contributed by atoms with Crippen LogP contribution in [0.3, 0.4) is 0 Å². The predicted octanol–water partition coefficient (Wildman–Crippen LogP) is 3.28. The molecule has 0 aliphatic carbocycles. The summed E-state index contributed by atoms with van der Waals surface area (Å²) in [6.07, 6.45) is 1.51. The summed E-state index contributed by atoms with van der Waals surface area (Å²) in [7, 11) is 0. The van der Waals surface area contributed by atoms with E-state index in [1.165, 1.54) is 16.9 Å². The van der Waals surface area contributed by atoms with Gasteiger partial charge in [-0.25, -0.2) is 5.01 Å². The highest BCUT2D eigenvalue weighted by molar-refractivity contribution is 6.05. The fourth-order valence-electron chi connectivity index (χ4n) is 4.07. The monoisotopic (exact) mass is 463 g/mol. The van der Waals surface area contributed by atoms with Gasteiger partial charge in [0, 0.05) is 24.1 Å². The Morgan fingerprint density at radius 3 is 2.71 bits per heavy atom. The largest absolute Gasteiger partial charge is 0.508 e. The van der Waals surface area contributed by atoms with Crippen LogP contribution in [0.15, 0.2) is 53.8 Å². The minimum Gasteiger partial charge on any atom is -0.508 e. The second-order valence-electron chi connectivity index (χ2n) is 7.81. The lowest BCUT2D eigenvalue weighted by molar-refractivity contribution is -0.385. The SMILES string of the molecule is CCn1cc([N+](=O)[O-])c(C(=O)N2N=C(c3ccc4c(c3)OCCO4)CC2c2ccccc2O)n1. The average Bonchev–Trinajstić information content (AvgIpc) is 3.49. The van der Waals surface area contributed by atoms with Crippen molar-refractivity contribution in [1.82, 2.24) is 14.8 Å². The molecular weight excluding hydrogens is 442 g/mol. The van der Waals surface area contributed by atoms with Crippen LogP contribution < -0.4 is 9.47 Å². The molecule has 174 valence electrons. The summed E-state index contributed by atoms with van der Waals surface area (Å²) in [5, 5.41) is 31.9. The molecule has 34 heavy (non-hydrogen) atoms. The third kappa shape index (κ3) is 3.70. The van der Waals surface area contributed by atoms with Gasteiger partial charge in [-0.05, 0) is 31.2 Å². The van der Waals surface area contributed by atoms with Crippen molar-refractivity contribution < 1.29 is 24.3 Å². The summed E-state index contributed by atoms with van der Waals surface area (Å²) >= 11 is 0. The lowest BCUT2D eigenvalue weighted by atomic mass is 9.97. The Kier molecular flexibility index (Phi) is 5.36. The Bertz CT molecular complexity index is 1320. The van der Waals surface area contributed by atoms with Gasteiger partial charge in [-0.15, -0.1) is 0 Å². The fourth-order valence-corrected chi connectivity index (χ4v) is 4.07. The zero-order chi connectivity index (χ0) is 23.8. The number of para-hydroxylation sites is 1. The van der Waals surface area contributed by atoms with E-state index < -0.39 is 22.6 Å². The Balaban J connectivity index is 1.58. The molecule has 0 saturated heterocycles.